The molecule has 1 amide bonds. The first-order valence-corrected chi connectivity index (χ1v) is 7.98. The van der Waals surface area contributed by atoms with Crippen LogP contribution in [0.25, 0.3) is 22.4 Å². The van der Waals surface area contributed by atoms with Crippen molar-refractivity contribution in [2.45, 2.75) is 0 Å². The lowest BCUT2D eigenvalue weighted by atomic mass is 10.0. The normalized spacial score (nSPS) is 12.0. The zero-order valence-electron chi connectivity index (χ0n) is 14.0. The predicted molar refractivity (Wildman–Crippen MR) is 100.0 cm³/mol. The summed E-state index contributed by atoms with van der Waals surface area (Å²) in [5, 5.41) is 5.21. The lowest BCUT2D eigenvalue weighted by Gasteiger charge is -2.11. The monoisotopic (exact) mass is 331 g/mol. The van der Waals surface area contributed by atoms with Gasteiger partial charge >= 0.3 is 0 Å². The second kappa shape index (κ2) is 5.98. The van der Waals surface area contributed by atoms with Crippen molar-refractivity contribution in [2.75, 3.05) is 19.5 Å². The molecule has 0 heterocycles. The van der Waals surface area contributed by atoms with Crippen LogP contribution >= 0.6 is 0 Å². The second-order valence-corrected chi connectivity index (χ2v) is 5.83. The van der Waals surface area contributed by atoms with Crippen LogP contribution in [0.5, 0.6) is 11.5 Å². The molecule has 0 fully saturated rings. The maximum Gasteiger partial charge on any atom is 0.256 e. The summed E-state index contributed by atoms with van der Waals surface area (Å²) in [7, 11) is 3.15. The molecule has 0 saturated heterocycles. The van der Waals surface area contributed by atoms with Crippen molar-refractivity contribution < 1.29 is 14.3 Å². The third kappa shape index (κ3) is 2.52. The lowest BCUT2D eigenvalue weighted by Crippen LogP contribution is -2.12. The molecule has 0 saturated carbocycles. The Bertz CT molecular complexity index is 1020. The largest absolute Gasteiger partial charge is 0.493 e. The first kappa shape index (κ1) is 15.3. The van der Waals surface area contributed by atoms with E-state index in [1.54, 1.807) is 32.4 Å². The fraction of sp³-hybridized carbons (Fsp3) is 0.0952. The van der Waals surface area contributed by atoms with Gasteiger partial charge in [-0.15, -0.1) is 0 Å². The highest BCUT2D eigenvalue weighted by atomic mass is 16.5. The van der Waals surface area contributed by atoms with Crippen molar-refractivity contribution in [3.8, 4) is 11.5 Å². The molecule has 0 aliphatic heterocycles. The van der Waals surface area contributed by atoms with Gasteiger partial charge in [0, 0.05) is 17.3 Å². The molecule has 25 heavy (non-hydrogen) atoms. The molecule has 124 valence electrons. The van der Waals surface area contributed by atoms with Gasteiger partial charge < -0.3 is 14.8 Å². The molecule has 0 unspecified atom stereocenters. The molecule has 4 rings (SSSR count). The van der Waals surface area contributed by atoms with Gasteiger partial charge in [0.25, 0.3) is 5.91 Å². The maximum absolute atomic E-state index is 12.8. The molecule has 0 atom stereocenters. The van der Waals surface area contributed by atoms with Crippen LogP contribution in [0, 0.1) is 0 Å². The summed E-state index contributed by atoms with van der Waals surface area (Å²) >= 11 is 0. The predicted octanol–water partition coefficient (Wildman–Crippen LogP) is 4.35. The topological polar surface area (TPSA) is 47.6 Å². The molecule has 1 aliphatic carbocycles. The number of methoxy groups -OCH3 is 2. The van der Waals surface area contributed by atoms with Crippen LogP contribution < -0.4 is 14.8 Å². The van der Waals surface area contributed by atoms with E-state index in [1.165, 1.54) is 0 Å². The quantitative estimate of drug-likeness (QED) is 0.773. The molecule has 0 spiro atoms. The van der Waals surface area contributed by atoms with Gasteiger partial charge in [-0.1, -0.05) is 36.4 Å². The Morgan fingerprint density at radius 2 is 1.68 bits per heavy atom. The van der Waals surface area contributed by atoms with Gasteiger partial charge in [0.15, 0.2) is 11.5 Å². The van der Waals surface area contributed by atoms with E-state index in [0.29, 0.717) is 22.8 Å². The minimum absolute atomic E-state index is 0.143. The lowest BCUT2D eigenvalue weighted by molar-refractivity contribution is -0.111. The minimum Gasteiger partial charge on any atom is -0.493 e. The van der Waals surface area contributed by atoms with Gasteiger partial charge in [-0.05, 0) is 40.1 Å². The van der Waals surface area contributed by atoms with E-state index < -0.39 is 0 Å². The third-order valence-corrected chi connectivity index (χ3v) is 4.41. The fourth-order valence-corrected chi connectivity index (χ4v) is 3.25. The Labute approximate surface area is 145 Å². The average molecular weight is 331 g/mol. The van der Waals surface area contributed by atoms with Crippen molar-refractivity contribution in [1.29, 1.82) is 0 Å². The molecular weight excluding hydrogens is 314 g/mol. The molecule has 0 aromatic heterocycles. The van der Waals surface area contributed by atoms with E-state index in [9.17, 15) is 4.79 Å². The van der Waals surface area contributed by atoms with Gasteiger partial charge in [-0.25, -0.2) is 0 Å². The van der Waals surface area contributed by atoms with E-state index in [2.05, 4.69) is 17.4 Å². The Morgan fingerprint density at radius 1 is 0.920 bits per heavy atom. The van der Waals surface area contributed by atoms with Gasteiger partial charge in [0.2, 0.25) is 0 Å². The highest BCUT2D eigenvalue weighted by Crippen LogP contribution is 2.37. The number of hydrogen-bond acceptors (Lipinski definition) is 3. The number of nitrogens with one attached hydrogen (secondary N) is 1. The maximum atomic E-state index is 12.8. The van der Waals surface area contributed by atoms with Crippen LogP contribution in [-0.2, 0) is 4.79 Å². The van der Waals surface area contributed by atoms with E-state index in [1.807, 2.05) is 30.3 Å². The SMILES string of the molecule is COc1ccc(NC(=O)C2=Cc3cccc4cccc2c34)cc1OC. The van der Waals surface area contributed by atoms with Crippen molar-refractivity contribution >= 4 is 34.0 Å². The van der Waals surface area contributed by atoms with Crippen LogP contribution in [-0.4, -0.2) is 20.1 Å². The van der Waals surface area contributed by atoms with Crippen molar-refractivity contribution in [3.05, 3.63) is 65.7 Å². The number of ether oxygens (including phenoxy) is 2. The van der Waals surface area contributed by atoms with Crippen molar-refractivity contribution in [2.24, 2.45) is 0 Å². The summed E-state index contributed by atoms with van der Waals surface area (Å²) in [4.78, 5) is 12.8. The first-order valence-electron chi connectivity index (χ1n) is 7.98. The molecule has 4 heteroatoms. The minimum atomic E-state index is -0.143. The van der Waals surface area contributed by atoms with E-state index in [-0.39, 0.29) is 5.91 Å². The zero-order valence-corrected chi connectivity index (χ0v) is 14.0. The van der Waals surface area contributed by atoms with E-state index in [4.69, 9.17) is 9.47 Å². The summed E-state index contributed by atoms with van der Waals surface area (Å²) in [6.07, 6.45) is 1.94. The summed E-state index contributed by atoms with van der Waals surface area (Å²) < 4.78 is 10.5. The number of hydrogen-bond donors (Lipinski definition) is 1. The molecule has 1 N–H and O–H groups in total. The van der Waals surface area contributed by atoms with Crippen molar-refractivity contribution in [1.82, 2.24) is 0 Å². The Kier molecular flexibility index (Phi) is 3.65. The highest BCUT2D eigenvalue weighted by Gasteiger charge is 2.21. The van der Waals surface area contributed by atoms with Crippen LogP contribution in [0.4, 0.5) is 5.69 Å². The molecule has 0 bridgehead atoms. The molecular formula is C21H17NO3. The summed E-state index contributed by atoms with van der Waals surface area (Å²) in [6.45, 7) is 0. The van der Waals surface area contributed by atoms with Gasteiger partial charge in [-0.2, -0.15) is 0 Å². The number of amides is 1. The smallest absolute Gasteiger partial charge is 0.256 e. The van der Waals surface area contributed by atoms with Gasteiger partial charge in [0.05, 0.1) is 14.2 Å². The summed E-state index contributed by atoms with van der Waals surface area (Å²) in [6, 6.07) is 17.4. The molecule has 3 aromatic carbocycles. The zero-order chi connectivity index (χ0) is 17.4. The van der Waals surface area contributed by atoms with Crippen LogP contribution in [0.3, 0.4) is 0 Å². The standard InChI is InChI=1S/C21H17NO3/c1-24-18-10-9-15(12-19(18)25-2)22-21(23)17-11-14-7-3-5-13-6-4-8-16(17)20(13)14/h3-12H,1-2H3,(H,22,23). The first-order chi connectivity index (χ1) is 12.2. The number of anilines is 1. The van der Waals surface area contributed by atoms with Crippen LogP contribution in [0.1, 0.15) is 11.1 Å². The Balaban J connectivity index is 1.66. The Hall–Kier alpha value is -3.27. The summed E-state index contributed by atoms with van der Waals surface area (Å²) in [5.74, 6) is 1.06. The molecule has 3 aromatic rings. The molecule has 0 radical (unpaired) electrons. The van der Waals surface area contributed by atoms with Gasteiger partial charge in [0.1, 0.15) is 0 Å². The highest BCUT2D eigenvalue weighted by molar-refractivity contribution is 6.34. The third-order valence-electron chi connectivity index (χ3n) is 4.41. The van der Waals surface area contributed by atoms with E-state index >= 15 is 0 Å². The summed E-state index contributed by atoms with van der Waals surface area (Å²) in [5.41, 5.74) is 3.37. The second-order valence-electron chi connectivity index (χ2n) is 5.83. The van der Waals surface area contributed by atoms with E-state index in [0.717, 1.165) is 21.9 Å². The number of benzene rings is 3. The molecule has 1 aliphatic rings. The number of rotatable bonds is 4. The van der Waals surface area contributed by atoms with Crippen molar-refractivity contribution in [3.63, 3.8) is 0 Å². The molecule has 4 nitrogen and oxygen atoms in total. The van der Waals surface area contributed by atoms with Crippen LogP contribution in [0.2, 0.25) is 0 Å². The number of carbonyl (C=O) groups is 1. The van der Waals surface area contributed by atoms with Gasteiger partial charge in [-0.3, -0.25) is 4.79 Å². The van der Waals surface area contributed by atoms with Crippen LogP contribution in [0.15, 0.2) is 54.6 Å². The fourth-order valence-electron chi connectivity index (χ4n) is 3.25. The number of carbonyl (C=O) groups excluding carboxylic acids is 1. The average Bonchev–Trinajstić information content (AvgIpc) is 3.03. The Morgan fingerprint density at radius 3 is 2.44 bits per heavy atom.